The zero-order valence-electron chi connectivity index (χ0n) is 5.72. The Kier molecular flexibility index (Phi) is 3.66. The summed E-state index contributed by atoms with van der Waals surface area (Å²) in [4.78, 5) is 10.5. The minimum atomic E-state index is -0.302. The van der Waals surface area contributed by atoms with Crippen LogP contribution < -0.4 is 5.32 Å². The molecule has 0 saturated heterocycles. The maximum atomic E-state index is 10.5. The van der Waals surface area contributed by atoms with Crippen molar-refractivity contribution < 1.29 is 4.79 Å². The molecule has 0 aliphatic heterocycles. The highest BCUT2D eigenvalue weighted by Crippen LogP contribution is 1.83. The Morgan fingerprint density at radius 2 is 2.40 bits per heavy atom. The molecule has 1 amide bonds. The van der Waals surface area contributed by atoms with E-state index in [4.69, 9.17) is 5.26 Å². The fourth-order valence-electron chi connectivity index (χ4n) is 0.378. The maximum Gasteiger partial charge on any atom is 0.247 e. The smallest absolute Gasteiger partial charge is 0.247 e. The normalized spacial score (nSPS) is 9.80. The molecule has 3 nitrogen and oxygen atoms in total. The average molecular weight is 136 g/mol. The van der Waals surface area contributed by atoms with Gasteiger partial charge in [-0.3, -0.25) is 4.79 Å². The van der Waals surface area contributed by atoms with Crippen LogP contribution in [0.25, 0.3) is 0 Å². The third-order valence-corrected chi connectivity index (χ3v) is 0.787. The lowest BCUT2D eigenvalue weighted by molar-refractivity contribution is -0.115. The zero-order valence-corrected chi connectivity index (χ0v) is 5.72. The molecule has 10 heavy (non-hydrogen) atoms. The van der Waals surface area contributed by atoms with Crippen LogP contribution in [0, 0.1) is 11.3 Å². The highest BCUT2D eigenvalue weighted by atomic mass is 16.1. The number of hydrogen-bond donors (Lipinski definition) is 1. The van der Waals surface area contributed by atoms with E-state index < -0.39 is 0 Å². The van der Waals surface area contributed by atoms with Gasteiger partial charge in [-0.15, -0.1) is 0 Å². The minimum Gasteiger partial charge on any atom is -0.326 e. The van der Waals surface area contributed by atoms with Crippen molar-refractivity contribution in [2.75, 3.05) is 0 Å². The van der Waals surface area contributed by atoms with Crippen LogP contribution in [0.4, 0.5) is 0 Å². The molecule has 0 aliphatic carbocycles. The van der Waals surface area contributed by atoms with E-state index in [1.165, 1.54) is 6.08 Å². The topological polar surface area (TPSA) is 52.9 Å². The molecule has 52 valence electrons. The van der Waals surface area contributed by atoms with Gasteiger partial charge in [-0.25, -0.2) is 0 Å². The molecule has 0 radical (unpaired) electrons. The van der Waals surface area contributed by atoms with Crippen molar-refractivity contribution in [1.29, 1.82) is 5.26 Å². The second-order valence-corrected chi connectivity index (χ2v) is 1.65. The Bertz CT molecular complexity index is 210. The van der Waals surface area contributed by atoms with Gasteiger partial charge in [0.15, 0.2) is 0 Å². The van der Waals surface area contributed by atoms with Crippen LogP contribution in [-0.2, 0) is 4.79 Å². The summed E-state index contributed by atoms with van der Waals surface area (Å²) < 4.78 is 0. The highest BCUT2D eigenvalue weighted by molar-refractivity contribution is 5.88. The first kappa shape index (κ1) is 8.44. The van der Waals surface area contributed by atoms with Gasteiger partial charge in [0, 0.05) is 11.8 Å². The number of carbonyl (C=O) groups excluding carboxylic acids is 1. The first-order valence-corrected chi connectivity index (χ1v) is 2.70. The van der Waals surface area contributed by atoms with E-state index in [9.17, 15) is 4.79 Å². The molecule has 0 aromatic rings. The van der Waals surface area contributed by atoms with Gasteiger partial charge in [0.05, 0.1) is 6.07 Å². The van der Waals surface area contributed by atoms with Gasteiger partial charge in [0.1, 0.15) is 0 Å². The number of nitrogens with zero attached hydrogens (tertiary/aromatic N) is 1. The van der Waals surface area contributed by atoms with E-state index in [2.05, 4.69) is 11.9 Å². The maximum absolute atomic E-state index is 10.5. The molecule has 0 aromatic carbocycles. The van der Waals surface area contributed by atoms with Gasteiger partial charge in [-0.1, -0.05) is 6.58 Å². The Balaban J connectivity index is 3.93. The molecule has 0 spiro atoms. The molecule has 3 heteroatoms. The lowest BCUT2D eigenvalue weighted by Crippen LogP contribution is -2.17. The molecular weight excluding hydrogens is 128 g/mol. The predicted molar refractivity (Wildman–Crippen MR) is 37.7 cm³/mol. The standard InChI is InChI=1S/C7H8N2O/c1-3-7(10)9-6(2)4-5-8/h3-4H,1H2,2H3,(H,9,10). The van der Waals surface area contributed by atoms with Crippen LogP contribution in [0.1, 0.15) is 6.92 Å². The van der Waals surface area contributed by atoms with Crippen LogP contribution in [0.15, 0.2) is 24.4 Å². The summed E-state index contributed by atoms with van der Waals surface area (Å²) in [6.07, 6.45) is 2.40. The van der Waals surface area contributed by atoms with Crippen molar-refractivity contribution in [3.63, 3.8) is 0 Å². The summed E-state index contributed by atoms with van der Waals surface area (Å²) >= 11 is 0. The molecule has 0 rings (SSSR count). The number of nitriles is 1. The van der Waals surface area contributed by atoms with Gasteiger partial charge in [0.25, 0.3) is 0 Å². The molecule has 0 heterocycles. The summed E-state index contributed by atoms with van der Waals surface area (Å²) in [5.74, 6) is -0.302. The molecule has 0 aliphatic rings. The number of nitrogens with one attached hydrogen (secondary N) is 1. The monoisotopic (exact) mass is 136 g/mol. The fraction of sp³-hybridized carbons (Fsp3) is 0.143. The summed E-state index contributed by atoms with van der Waals surface area (Å²) in [5.41, 5.74) is 0.521. The lowest BCUT2D eigenvalue weighted by Gasteiger charge is -1.96. The Morgan fingerprint density at radius 1 is 1.80 bits per heavy atom. The zero-order chi connectivity index (χ0) is 7.98. The first-order valence-electron chi connectivity index (χ1n) is 2.70. The SMILES string of the molecule is C=CC(=O)NC(C)=CC#N. The van der Waals surface area contributed by atoms with Crippen molar-refractivity contribution in [1.82, 2.24) is 5.32 Å². The number of hydrogen-bond acceptors (Lipinski definition) is 2. The number of amides is 1. The molecule has 0 aromatic heterocycles. The van der Waals surface area contributed by atoms with Crippen LogP contribution in [-0.4, -0.2) is 5.91 Å². The molecule has 0 unspecified atom stereocenters. The second kappa shape index (κ2) is 4.33. The van der Waals surface area contributed by atoms with Gasteiger partial charge >= 0.3 is 0 Å². The van der Waals surface area contributed by atoms with Gasteiger partial charge < -0.3 is 5.32 Å². The van der Waals surface area contributed by atoms with E-state index in [-0.39, 0.29) is 5.91 Å². The third kappa shape index (κ3) is 3.44. The van der Waals surface area contributed by atoms with Crippen LogP contribution in [0.5, 0.6) is 0 Å². The Hall–Kier alpha value is -1.56. The predicted octanol–water partition coefficient (Wildman–Crippen LogP) is 0.716. The van der Waals surface area contributed by atoms with Gasteiger partial charge in [0.2, 0.25) is 5.91 Å². The fourth-order valence-corrected chi connectivity index (χ4v) is 0.378. The average Bonchev–Trinajstić information content (AvgIpc) is 1.88. The van der Waals surface area contributed by atoms with Gasteiger partial charge in [-0.2, -0.15) is 5.26 Å². The summed E-state index contributed by atoms with van der Waals surface area (Å²) in [5, 5.41) is 10.5. The van der Waals surface area contributed by atoms with E-state index in [1.54, 1.807) is 13.0 Å². The summed E-state index contributed by atoms with van der Waals surface area (Å²) in [6.45, 7) is 4.88. The molecule has 0 bridgehead atoms. The summed E-state index contributed by atoms with van der Waals surface area (Å²) in [6, 6.07) is 1.79. The Morgan fingerprint density at radius 3 is 2.80 bits per heavy atom. The molecule has 0 fully saturated rings. The van der Waals surface area contributed by atoms with Crippen molar-refractivity contribution >= 4 is 5.91 Å². The van der Waals surface area contributed by atoms with E-state index in [0.29, 0.717) is 5.70 Å². The lowest BCUT2D eigenvalue weighted by atomic mass is 10.4. The minimum absolute atomic E-state index is 0.302. The Labute approximate surface area is 59.7 Å². The first-order chi connectivity index (χ1) is 4.70. The van der Waals surface area contributed by atoms with Crippen LogP contribution in [0.2, 0.25) is 0 Å². The number of rotatable bonds is 2. The van der Waals surface area contributed by atoms with Crippen LogP contribution in [0.3, 0.4) is 0 Å². The molecule has 1 N–H and O–H groups in total. The molecular formula is C7H8N2O. The van der Waals surface area contributed by atoms with E-state index in [0.717, 1.165) is 6.08 Å². The van der Waals surface area contributed by atoms with Crippen molar-refractivity contribution in [2.24, 2.45) is 0 Å². The number of allylic oxidation sites excluding steroid dienone is 2. The van der Waals surface area contributed by atoms with Crippen LogP contribution >= 0.6 is 0 Å². The number of carbonyl (C=O) groups is 1. The van der Waals surface area contributed by atoms with Gasteiger partial charge in [-0.05, 0) is 13.0 Å². The second-order valence-electron chi connectivity index (χ2n) is 1.65. The quantitative estimate of drug-likeness (QED) is 0.449. The third-order valence-electron chi connectivity index (χ3n) is 0.787. The largest absolute Gasteiger partial charge is 0.326 e. The highest BCUT2D eigenvalue weighted by Gasteiger charge is 1.91. The van der Waals surface area contributed by atoms with Crippen molar-refractivity contribution in [2.45, 2.75) is 6.92 Å². The summed E-state index contributed by atoms with van der Waals surface area (Å²) in [7, 11) is 0. The molecule has 0 atom stereocenters. The van der Waals surface area contributed by atoms with Crippen molar-refractivity contribution in [3.05, 3.63) is 24.4 Å². The molecule has 0 saturated carbocycles. The van der Waals surface area contributed by atoms with Crippen molar-refractivity contribution in [3.8, 4) is 6.07 Å². The van der Waals surface area contributed by atoms with E-state index >= 15 is 0 Å². The van der Waals surface area contributed by atoms with E-state index in [1.807, 2.05) is 0 Å².